The third-order valence-corrected chi connectivity index (χ3v) is 6.08. The number of hydrogen-bond acceptors (Lipinski definition) is 6. The Bertz CT molecular complexity index is 697. The quantitative estimate of drug-likeness (QED) is 0.247. The maximum atomic E-state index is 5.50. The third kappa shape index (κ3) is 8.36. The molecule has 1 atom stereocenters. The zero-order chi connectivity index (χ0) is 23.5. The molecule has 1 saturated heterocycles. The van der Waals surface area contributed by atoms with Gasteiger partial charge in [0.05, 0.1) is 27.9 Å². The summed E-state index contributed by atoms with van der Waals surface area (Å²) in [4.78, 5) is 12.2. The van der Waals surface area contributed by atoms with Gasteiger partial charge in [-0.1, -0.05) is 13.8 Å². The van der Waals surface area contributed by atoms with E-state index in [0.29, 0.717) is 23.3 Å². The van der Waals surface area contributed by atoms with Gasteiger partial charge < -0.3 is 24.4 Å². The molecule has 0 radical (unpaired) electrons. The first-order chi connectivity index (χ1) is 15.5. The molecule has 190 valence electrons. The molecule has 1 N–H and O–H groups in total. The minimum absolute atomic E-state index is 0. The van der Waals surface area contributed by atoms with Crippen LogP contribution < -0.4 is 19.5 Å². The molecule has 33 heavy (non-hydrogen) atoms. The highest BCUT2D eigenvalue weighted by atomic mass is 127. The first kappa shape index (κ1) is 29.6. The van der Waals surface area contributed by atoms with Crippen molar-refractivity contribution in [2.45, 2.75) is 40.3 Å². The highest BCUT2D eigenvalue weighted by molar-refractivity contribution is 14.0. The van der Waals surface area contributed by atoms with E-state index in [1.807, 2.05) is 12.1 Å². The number of likely N-dealkylation sites (N-methyl/N-ethyl adjacent to an activating group) is 1. The minimum atomic E-state index is 0. The number of nitrogens with one attached hydrogen (secondary N) is 1. The molecule has 1 fully saturated rings. The van der Waals surface area contributed by atoms with Crippen molar-refractivity contribution in [1.29, 1.82) is 0 Å². The van der Waals surface area contributed by atoms with Gasteiger partial charge in [-0.05, 0) is 44.6 Å². The fourth-order valence-electron chi connectivity index (χ4n) is 4.21. The summed E-state index contributed by atoms with van der Waals surface area (Å²) in [5.74, 6) is 3.06. The number of nitrogens with zero attached hydrogens (tertiary/aromatic N) is 4. The summed E-state index contributed by atoms with van der Waals surface area (Å²) in [5.41, 5.74) is 1.15. The lowest BCUT2D eigenvalue weighted by Gasteiger charge is -2.37. The normalized spacial score (nSPS) is 15.8. The van der Waals surface area contributed by atoms with E-state index in [4.69, 9.17) is 19.2 Å². The van der Waals surface area contributed by atoms with Gasteiger partial charge in [-0.3, -0.25) is 14.8 Å². The molecule has 1 unspecified atom stereocenters. The lowest BCUT2D eigenvalue weighted by atomic mass is 10.1. The Hall–Kier alpha value is -1.46. The van der Waals surface area contributed by atoms with Gasteiger partial charge in [-0.15, -0.1) is 24.0 Å². The Labute approximate surface area is 217 Å². The summed E-state index contributed by atoms with van der Waals surface area (Å²) in [6, 6.07) is 4.52. The molecule has 1 aliphatic heterocycles. The number of guanidine groups is 1. The van der Waals surface area contributed by atoms with Crippen molar-refractivity contribution in [3.63, 3.8) is 0 Å². The number of aliphatic imine (C=N–C) groups is 1. The fourth-order valence-corrected chi connectivity index (χ4v) is 4.21. The summed E-state index contributed by atoms with van der Waals surface area (Å²) >= 11 is 0. The monoisotopic (exact) mass is 577 g/mol. The molecule has 0 amide bonds. The second-order valence-corrected chi connectivity index (χ2v) is 8.06. The predicted molar refractivity (Wildman–Crippen MR) is 147 cm³/mol. The van der Waals surface area contributed by atoms with Crippen LogP contribution in [0.4, 0.5) is 0 Å². The summed E-state index contributed by atoms with van der Waals surface area (Å²) in [6.07, 6.45) is 0. The van der Waals surface area contributed by atoms with E-state index in [1.165, 1.54) is 0 Å². The van der Waals surface area contributed by atoms with Gasteiger partial charge in [0.25, 0.3) is 0 Å². The topological polar surface area (TPSA) is 61.8 Å². The lowest BCUT2D eigenvalue weighted by Crippen LogP contribution is -2.52. The van der Waals surface area contributed by atoms with Crippen LogP contribution in [-0.4, -0.2) is 100 Å². The smallest absolute Gasteiger partial charge is 0.203 e. The largest absolute Gasteiger partial charge is 0.493 e. The Morgan fingerprint density at radius 1 is 1.00 bits per heavy atom. The van der Waals surface area contributed by atoms with Crippen molar-refractivity contribution in [3.8, 4) is 17.2 Å². The molecule has 0 spiro atoms. The van der Waals surface area contributed by atoms with Crippen LogP contribution in [0.25, 0.3) is 0 Å². The second-order valence-electron chi connectivity index (χ2n) is 8.06. The van der Waals surface area contributed by atoms with E-state index in [1.54, 1.807) is 21.3 Å². The molecule has 2 rings (SSSR count). The molecule has 1 aliphatic rings. The van der Waals surface area contributed by atoms with Crippen molar-refractivity contribution in [1.82, 2.24) is 20.0 Å². The lowest BCUT2D eigenvalue weighted by molar-refractivity contribution is 0.171. The Morgan fingerprint density at radius 3 is 2.03 bits per heavy atom. The Morgan fingerprint density at radius 2 is 1.58 bits per heavy atom. The van der Waals surface area contributed by atoms with Crippen LogP contribution in [-0.2, 0) is 6.54 Å². The molecule has 1 heterocycles. The van der Waals surface area contributed by atoms with Gasteiger partial charge >= 0.3 is 0 Å². The van der Waals surface area contributed by atoms with Gasteiger partial charge in [-0.2, -0.15) is 0 Å². The molecule has 0 bridgehead atoms. The first-order valence-electron chi connectivity index (χ1n) is 11.8. The van der Waals surface area contributed by atoms with Crippen LogP contribution in [0.15, 0.2) is 17.1 Å². The average Bonchev–Trinajstić information content (AvgIpc) is 2.82. The number of methoxy groups -OCH3 is 3. The average molecular weight is 578 g/mol. The van der Waals surface area contributed by atoms with Gasteiger partial charge in [0.2, 0.25) is 5.75 Å². The van der Waals surface area contributed by atoms with Crippen molar-refractivity contribution in [2.24, 2.45) is 4.99 Å². The minimum Gasteiger partial charge on any atom is -0.493 e. The summed E-state index contributed by atoms with van der Waals surface area (Å²) in [7, 11) is 4.94. The van der Waals surface area contributed by atoms with Crippen LogP contribution in [0, 0.1) is 0 Å². The first-order valence-corrected chi connectivity index (χ1v) is 11.8. The molecule has 1 aromatic rings. The zero-order valence-corrected chi connectivity index (χ0v) is 23.8. The molecule has 0 aliphatic carbocycles. The van der Waals surface area contributed by atoms with E-state index in [2.05, 4.69) is 47.7 Å². The zero-order valence-electron chi connectivity index (χ0n) is 21.5. The van der Waals surface area contributed by atoms with E-state index in [9.17, 15) is 0 Å². The van der Waals surface area contributed by atoms with Gasteiger partial charge in [0.15, 0.2) is 17.5 Å². The molecule has 1 aromatic carbocycles. The predicted octanol–water partition coefficient (Wildman–Crippen LogP) is 3.14. The fraction of sp³-hybridized carbons (Fsp3) is 0.708. The van der Waals surface area contributed by atoms with Crippen LogP contribution in [0.1, 0.15) is 33.3 Å². The highest BCUT2D eigenvalue weighted by Crippen LogP contribution is 2.38. The number of benzene rings is 1. The molecule has 9 heteroatoms. The third-order valence-electron chi connectivity index (χ3n) is 6.08. The number of hydrogen-bond donors (Lipinski definition) is 1. The highest BCUT2D eigenvalue weighted by Gasteiger charge is 2.21. The Kier molecular flexibility index (Phi) is 13.8. The van der Waals surface area contributed by atoms with Crippen molar-refractivity contribution >= 4 is 29.9 Å². The molecule has 8 nitrogen and oxygen atoms in total. The van der Waals surface area contributed by atoms with Crippen molar-refractivity contribution < 1.29 is 14.2 Å². The van der Waals surface area contributed by atoms with Gasteiger partial charge in [0.1, 0.15) is 0 Å². The van der Waals surface area contributed by atoms with Crippen LogP contribution in [0.3, 0.4) is 0 Å². The molecule has 0 saturated carbocycles. The molecule has 0 aromatic heterocycles. The standard InChI is InChI=1S/C24H43N5O3.HI/c1-8-25-24(26-17-19(4)28(9-2)10-3)29-13-11-27(12-14-29)18-20-15-21(30-5)23(32-7)22(16-20)31-6;/h15-16,19H,8-14,17-18H2,1-7H3,(H,25,26);1H. The Balaban J connectivity index is 0.00000544. The van der Waals surface area contributed by atoms with Gasteiger partial charge in [-0.25, -0.2) is 0 Å². The SMILES string of the molecule is CCNC(=NCC(C)N(CC)CC)N1CCN(Cc2cc(OC)c(OC)c(OC)c2)CC1.I. The summed E-state index contributed by atoms with van der Waals surface area (Å²) < 4.78 is 16.4. The number of ether oxygens (including phenoxy) is 3. The van der Waals surface area contributed by atoms with Crippen molar-refractivity contribution in [3.05, 3.63) is 17.7 Å². The van der Waals surface area contributed by atoms with Crippen LogP contribution >= 0.6 is 24.0 Å². The maximum Gasteiger partial charge on any atom is 0.203 e. The summed E-state index contributed by atoms with van der Waals surface area (Å²) in [6.45, 7) is 17.3. The van der Waals surface area contributed by atoms with E-state index < -0.39 is 0 Å². The van der Waals surface area contributed by atoms with Crippen LogP contribution in [0.2, 0.25) is 0 Å². The van der Waals surface area contributed by atoms with E-state index in [0.717, 1.165) is 70.4 Å². The number of rotatable bonds is 11. The van der Waals surface area contributed by atoms with Gasteiger partial charge in [0, 0.05) is 45.3 Å². The molecular formula is C24H44IN5O3. The van der Waals surface area contributed by atoms with Crippen molar-refractivity contribution in [2.75, 3.05) is 73.7 Å². The number of piperazine rings is 1. The second kappa shape index (κ2) is 15.4. The van der Waals surface area contributed by atoms with E-state index >= 15 is 0 Å². The maximum absolute atomic E-state index is 5.50. The van der Waals surface area contributed by atoms with E-state index in [-0.39, 0.29) is 24.0 Å². The summed E-state index contributed by atoms with van der Waals surface area (Å²) in [5, 5.41) is 3.48. The number of halogens is 1. The van der Waals surface area contributed by atoms with Crippen LogP contribution in [0.5, 0.6) is 17.2 Å². The molecular weight excluding hydrogens is 533 g/mol.